The minimum Gasteiger partial charge on any atom is -0.872 e. The van der Waals surface area contributed by atoms with Crippen LogP contribution >= 0.6 is 0 Å². The first kappa shape index (κ1) is 41.9. The minimum absolute atomic E-state index is 0. The Labute approximate surface area is 379 Å². The van der Waals surface area contributed by atoms with Crippen molar-refractivity contribution in [2.75, 3.05) is 0 Å². The Bertz CT molecular complexity index is 3320. The van der Waals surface area contributed by atoms with Crippen molar-refractivity contribution < 1.29 is 31.5 Å². The summed E-state index contributed by atoms with van der Waals surface area (Å²) in [5, 5.41) is 29.2. The summed E-state index contributed by atoms with van der Waals surface area (Å²) < 4.78 is 19.0. The van der Waals surface area contributed by atoms with Crippen LogP contribution in [0.3, 0.4) is 0 Å². The van der Waals surface area contributed by atoms with Gasteiger partial charge in [-0.25, -0.2) is 9.97 Å². The molecule has 0 aliphatic carbocycles. The Morgan fingerprint density at radius 3 is 1.14 bits per heavy atom. The van der Waals surface area contributed by atoms with Gasteiger partial charge in [0.15, 0.2) is 12.4 Å². The summed E-state index contributed by atoms with van der Waals surface area (Å²) >= 11 is -2.94. The van der Waals surface area contributed by atoms with Gasteiger partial charge in [-0.1, -0.05) is 60.0 Å². The van der Waals surface area contributed by atoms with E-state index in [2.05, 4.69) is 39.9 Å². The van der Waals surface area contributed by atoms with E-state index in [0.29, 0.717) is 50.3 Å². The molecule has 12 rings (SSSR count). The molecule has 13 nitrogen and oxygen atoms in total. The number of aromatic nitrogens is 8. The molecule has 4 aromatic carbocycles. The number of pyridine rings is 8. The van der Waals surface area contributed by atoms with Crippen LogP contribution in [0.25, 0.3) is 76.5 Å². The number of benzene rings is 4. The Kier molecular flexibility index (Phi) is 12.2. The third-order valence-corrected chi connectivity index (χ3v) is 11.7. The molecule has 8 aromatic heterocycles. The van der Waals surface area contributed by atoms with Crippen molar-refractivity contribution in [3.05, 3.63) is 189 Å². The average Bonchev–Trinajstić information content (AvgIpc) is 3.35. The summed E-state index contributed by atoms with van der Waals surface area (Å²) in [5.41, 5.74) is 5.81. The van der Waals surface area contributed by atoms with Crippen molar-refractivity contribution in [1.82, 2.24) is 29.9 Å². The molecule has 0 saturated carbocycles. The van der Waals surface area contributed by atoms with Crippen LogP contribution in [0.5, 0.6) is 28.7 Å². The van der Waals surface area contributed by atoms with Gasteiger partial charge in [0.2, 0.25) is 11.0 Å². The SMILES string of the molecule is [Be+2].[O-]c1cccc2ccc3ccc[nH+]c3c12.[O-]c1cccc2ccc3ccc[nH+]c3c12.c1cnc2c([O][Al]([O]c3ccnc4cccnc34)[O]c3ccnc4cccnc34)ccnc2c1. The van der Waals surface area contributed by atoms with Gasteiger partial charge in [-0.2, -0.15) is 0 Å². The van der Waals surface area contributed by atoms with E-state index in [-0.39, 0.29) is 21.6 Å². The molecule has 0 fully saturated rings. The third kappa shape index (κ3) is 8.82. The third-order valence-electron chi connectivity index (χ3n) is 10.3. The monoisotopic (exact) mass is 861 g/mol. The summed E-state index contributed by atoms with van der Waals surface area (Å²) in [7, 11) is 0. The van der Waals surface area contributed by atoms with Gasteiger partial charge in [0.1, 0.15) is 33.8 Å². The van der Waals surface area contributed by atoms with Gasteiger partial charge in [-0.3, -0.25) is 29.9 Å². The Balaban J connectivity index is 0.000000141. The molecule has 0 aliphatic heterocycles. The number of rotatable bonds is 6. The van der Waals surface area contributed by atoms with Gasteiger partial charge in [-0.05, 0) is 89.6 Å². The fraction of sp³-hybridized carbons (Fsp3) is 0. The molecule has 0 radical (unpaired) electrons. The molecule has 15 heteroatoms. The van der Waals surface area contributed by atoms with Crippen LogP contribution in [0.4, 0.5) is 0 Å². The maximum Gasteiger partial charge on any atom is 2.00 e. The summed E-state index contributed by atoms with van der Waals surface area (Å²) in [5.74, 6) is 1.68. The van der Waals surface area contributed by atoms with Crippen molar-refractivity contribution in [3.8, 4) is 28.7 Å². The second kappa shape index (κ2) is 18.9. The number of hydrogen-bond donors (Lipinski definition) is 0. The van der Waals surface area contributed by atoms with Crippen molar-refractivity contribution in [2.45, 2.75) is 0 Å². The second-order valence-corrected chi connectivity index (χ2v) is 15.6. The Morgan fingerprint density at radius 2 is 0.738 bits per heavy atom. The van der Waals surface area contributed by atoms with E-state index in [4.69, 9.17) is 11.4 Å². The molecule has 0 spiro atoms. The molecule has 0 amide bonds. The number of nitrogens with zero attached hydrogens (tertiary/aromatic N) is 6. The normalized spacial score (nSPS) is 10.8. The molecule has 0 bridgehead atoms. The van der Waals surface area contributed by atoms with Crippen molar-refractivity contribution >= 4 is 102 Å². The first-order valence-corrected chi connectivity index (χ1v) is 21.6. The maximum atomic E-state index is 11.8. The maximum absolute atomic E-state index is 11.8. The quantitative estimate of drug-likeness (QED) is 0.120. The standard InChI is InChI=1S/2C13H9NO.3C8H6N2O.Al.Be/c2*15-11-5-1-3-9-6-7-10-4-2-8-14-13(10)12(9)11;3*11-7-3-5-9-6-2-1-4-10-8(6)7;;/h2*1-8,15H;3*1-5H,(H,9,11);;/q;;;;;+3;+2/p-3. The van der Waals surface area contributed by atoms with Gasteiger partial charge in [0, 0.05) is 70.9 Å². The number of H-pyrrole nitrogens is 2. The summed E-state index contributed by atoms with van der Waals surface area (Å²) in [4.78, 5) is 32.6. The number of aromatic amines is 2. The first-order chi connectivity index (χ1) is 31.6. The molecule has 2 N–H and O–H groups in total. The van der Waals surface area contributed by atoms with Gasteiger partial charge >= 0.3 is 25.3 Å². The van der Waals surface area contributed by atoms with Gasteiger partial charge in [-0.15, -0.1) is 0 Å². The molecule has 0 saturated heterocycles. The van der Waals surface area contributed by atoms with E-state index in [1.54, 1.807) is 79.6 Å². The largest absolute Gasteiger partial charge is 2.00 e. The number of hydrogen-bond acceptors (Lipinski definition) is 11. The van der Waals surface area contributed by atoms with Gasteiger partial charge in [0.25, 0.3) is 0 Å². The summed E-state index contributed by atoms with van der Waals surface area (Å²) in [6, 6.07) is 42.9. The van der Waals surface area contributed by atoms with E-state index < -0.39 is 15.1 Å². The number of nitrogens with one attached hydrogen (secondary N) is 2. The zero-order valence-corrected chi connectivity index (χ0v) is 35.6. The molecule has 0 aliphatic rings. The van der Waals surface area contributed by atoms with Crippen LogP contribution < -0.4 is 31.5 Å². The number of fused-ring (bicyclic) bond motifs is 9. The van der Waals surface area contributed by atoms with E-state index in [0.717, 1.165) is 43.4 Å². The van der Waals surface area contributed by atoms with Gasteiger partial charge < -0.3 is 21.6 Å². The van der Waals surface area contributed by atoms with E-state index in [1.807, 2.05) is 109 Å². The van der Waals surface area contributed by atoms with Crippen molar-refractivity contribution in [3.63, 3.8) is 0 Å². The smallest absolute Gasteiger partial charge is 0.872 e. The average molecular weight is 862 g/mol. The molecule has 12 aromatic rings. The van der Waals surface area contributed by atoms with Crippen LogP contribution in [0.2, 0.25) is 0 Å². The molecule has 306 valence electrons. The van der Waals surface area contributed by atoms with Crippen molar-refractivity contribution in [1.29, 1.82) is 0 Å². The van der Waals surface area contributed by atoms with Crippen LogP contribution in [-0.4, -0.2) is 55.2 Å². The fourth-order valence-electron chi connectivity index (χ4n) is 7.41. The molecular formula is C50H33AlBeN8O5+2. The zero-order chi connectivity index (χ0) is 43.2. The van der Waals surface area contributed by atoms with Crippen molar-refractivity contribution in [2.24, 2.45) is 0 Å². The molecule has 65 heavy (non-hydrogen) atoms. The zero-order valence-electron chi connectivity index (χ0n) is 34.4. The Hall–Kier alpha value is -8.40. The van der Waals surface area contributed by atoms with Crippen LogP contribution in [-0.2, 0) is 0 Å². The summed E-state index contributed by atoms with van der Waals surface area (Å²) in [6.07, 6.45) is 13.7. The summed E-state index contributed by atoms with van der Waals surface area (Å²) in [6.45, 7) is 0. The predicted molar refractivity (Wildman–Crippen MR) is 247 cm³/mol. The molecular weight excluding hydrogens is 829 g/mol. The molecule has 0 atom stereocenters. The first-order valence-electron chi connectivity index (χ1n) is 20.1. The minimum atomic E-state index is -2.94. The van der Waals surface area contributed by atoms with E-state index in [1.165, 1.54) is 0 Å². The Morgan fingerprint density at radius 1 is 0.369 bits per heavy atom. The van der Waals surface area contributed by atoms with Gasteiger partial charge in [0.05, 0.1) is 16.6 Å². The molecule has 8 heterocycles. The predicted octanol–water partition coefficient (Wildman–Crippen LogP) is 7.42. The van der Waals surface area contributed by atoms with Crippen LogP contribution in [0.15, 0.2) is 189 Å². The van der Waals surface area contributed by atoms with Crippen LogP contribution in [0, 0.1) is 0 Å². The van der Waals surface area contributed by atoms with Crippen LogP contribution in [0.1, 0.15) is 0 Å². The fourth-order valence-corrected chi connectivity index (χ4v) is 8.75. The second-order valence-electron chi connectivity index (χ2n) is 14.3. The molecule has 0 unspecified atom stereocenters. The van der Waals surface area contributed by atoms with E-state index in [9.17, 15) is 10.2 Å². The topological polar surface area (TPSA) is 179 Å². The van der Waals surface area contributed by atoms with E-state index >= 15 is 0 Å².